The molecule has 1 aromatic rings. The number of anilines is 1. The molecule has 0 aliphatic rings. The normalized spacial score (nSPS) is 12.3. The van der Waals surface area contributed by atoms with Gasteiger partial charge in [-0.25, -0.2) is 0 Å². The minimum absolute atomic E-state index is 0.0847. The molecular formula is C12H16INO. The highest BCUT2D eigenvalue weighted by atomic mass is 127. The number of amides is 1. The van der Waals surface area contributed by atoms with Crippen LogP contribution in [0.15, 0.2) is 24.3 Å². The van der Waals surface area contributed by atoms with Crippen molar-refractivity contribution < 1.29 is 4.79 Å². The molecule has 1 unspecified atom stereocenters. The molecule has 0 fully saturated rings. The van der Waals surface area contributed by atoms with Crippen LogP contribution in [-0.4, -0.2) is 5.91 Å². The van der Waals surface area contributed by atoms with Crippen molar-refractivity contribution >= 4 is 34.5 Å². The molecule has 0 bridgehead atoms. The van der Waals surface area contributed by atoms with Gasteiger partial charge in [0.1, 0.15) is 0 Å². The topological polar surface area (TPSA) is 20.3 Å². The molecule has 0 spiro atoms. The number of rotatable bonds is 3. The lowest BCUT2D eigenvalue weighted by Gasteiger charge is -2.20. The predicted octanol–water partition coefficient (Wildman–Crippen LogP) is 3.72. The maximum atomic E-state index is 11.9. The van der Waals surface area contributed by atoms with E-state index in [0.29, 0.717) is 0 Å². The average Bonchev–Trinajstić information content (AvgIpc) is 2.26. The number of carbonyl (C=O) groups excluding carboxylic acids is 1. The Kier molecular flexibility index (Phi) is 4.57. The molecular weight excluding hydrogens is 301 g/mol. The summed E-state index contributed by atoms with van der Waals surface area (Å²) in [5.74, 6) is 0.258. The van der Waals surface area contributed by atoms with Gasteiger partial charge in [-0.3, -0.25) is 7.91 Å². The molecule has 0 aliphatic heterocycles. The highest BCUT2D eigenvalue weighted by Crippen LogP contribution is 2.25. The van der Waals surface area contributed by atoms with Crippen molar-refractivity contribution in [2.24, 2.45) is 5.92 Å². The van der Waals surface area contributed by atoms with Gasteiger partial charge < -0.3 is 0 Å². The van der Waals surface area contributed by atoms with E-state index >= 15 is 0 Å². The third-order valence-corrected chi connectivity index (χ3v) is 3.55. The first kappa shape index (κ1) is 12.5. The SMILES string of the molecule is CCC(C)C(=O)N(I)c1ccccc1C. The molecule has 2 nitrogen and oxygen atoms in total. The molecule has 1 rings (SSSR count). The minimum Gasteiger partial charge on any atom is -0.273 e. The van der Waals surface area contributed by atoms with Crippen LogP contribution in [0.25, 0.3) is 0 Å². The van der Waals surface area contributed by atoms with Crippen molar-refractivity contribution in [2.75, 3.05) is 3.11 Å². The maximum Gasteiger partial charge on any atom is 0.238 e. The summed E-state index contributed by atoms with van der Waals surface area (Å²) in [6.07, 6.45) is 0.879. The van der Waals surface area contributed by atoms with Gasteiger partial charge in [-0.15, -0.1) is 0 Å². The smallest absolute Gasteiger partial charge is 0.238 e. The van der Waals surface area contributed by atoms with Gasteiger partial charge in [-0.05, 0) is 25.0 Å². The molecule has 0 aliphatic carbocycles. The Morgan fingerprint density at radius 2 is 2.07 bits per heavy atom. The van der Waals surface area contributed by atoms with Gasteiger partial charge in [0.25, 0.3) is 0 Å². The zero-order valence-electron chi connectivity index (χ0n) is 9.33. The summed E-state index contributed by atoms with van der Waals surface area (Å²) < 4.78 is 1.72. The van der Waals surface area contributed by atoms with Crippen molar-refractivity contribution in [3.05, 3.63) is 29.8 Å². The highest BCUT2D eigenvalue weighted by Gasteiger charge is 2.19. The molecule has 0 saturated heterocycles. The number of hydrogen-bond acceptors (Lipinski definition) is 1. The van der Waals surface area contributed by atoms with E-state index in [9.17, 15) is 4.79 Å². The van der Waals surface area contributed by atoms with Crippen molar-refractivity contribution in [3.8, 4) is 0 Å². The molecule has 82 valence electrons. The zero-order valence-corrected chi connectivity index (χ0v) is 11.5. The Bertz CT molecular complexity index is 351. The quantitative estimate of drug-likeness (QED) is 0.614. The van der Waals surface area contributed by atoms with Crippen LogP contribution in [0.1, 0.15) is 25.8 Å². The van der Waals surface area contributed by atoms with Gasteiger partial charge in [0.15, 0.2) is 0 Å². The fourth-order valence-electron chi connectivity index (χ4n) is 1.27. The number of para-hydroxylation sites is 1. The summed E-state index contributed by atoms with van der Waals surface area (Å²) in [5.41, 5.74) is 2.12. The first-order chi connectivity index (χ1) is 7.07. The summed E-state index contributed by atoms with van der Waals surface area (Å²) in [6.45, 7) is 6.02. The first-order valence-corrected chi connectivity index (χ1v) is 6.09. The summed E-state index contributed by atoms with van der Waals surface area (Å²) in [6, 6.07) is 7.93. The molecule has 0 heterocycles. The van der Waals surface area contributed by atoms with Crippen LogP contribution in [0.3, 0.4) is 0 Å². The second-order valence-corrected chi connectivity index (χ2v) is 4.68. The molecule has 1 aromatic carbocycles. The van der Waals surface area contributed by atoms with Crippen LogP contribution < -0.4 is 3.11 Å². The molecule has 0 saturated carbocycles. The van der Waals surface area contributed by atoms with E-state index < -0.39 is 0 Å². The Morgan fingerprint density at radius 1 is 1.47 bits per heavy atom. The molecule has 1 amide bonds. The summed E-state index contributed by atoms with van der Waals surface area (Å²) in [4.78, 5) is 11.9. The van der Waals surface area contributed by atoms with Crippen LogP contribution in [0, 0.1) is 12.8 Å². The van der Waals surface area contributed by atoms with E-state index in [-0.39, 0.29) is 11.8 Å². The first-order valence-electron chi connectivity index (χ1n) is 5.13. The maximum absolute atomic E-state index is 11.9. The number of aryl methyl sites for hydroxylation is 1. The van der Waals surface area contributed by atoms with E-state index in [4.69, 9.17) is 0 Å². The lowest BCUT2D eigenvalue weighted by molar-refractivity contribution is -0.120. The predicted molar refractivity (Wildman–Crippen MR) is 72.1 cm³/mol. The lowest BCUT2D eigenvalue weighted by atomic mass is 10.1. The van der Waals surface area contributed by atoms with E-state index in [1.54, 1.807) is 3.11 Å². The average molecular weight is 317 g/mol. The molecule has 1 atom stereocenters. The van der Waals surface area contributed by atoms with Gasteiger partial charge >= 0.3 is 0 Å². The number of carbonyl (C=O) groups is 1. The second kappa shape index (κ2) is 5.49. The van der Waals surface area contributed by atoms with Gasteiger partial charge in [0.2, 0.25) is 5.91 Å². The molecule has 0 radical (unpaired) electrons. The van der Waals surface area contributed by atoms with E-state index in [0.717, 1.165) is 17.7 Å². The largest absolute Gasteiger partial charge is 0.273 e. The third-order valence-electron chi connectivity index (χ3n) is 2.55. The lowest BCUT2D eigenvalue weighted by Crippen LogP contribution is -2.26. The molecule has 15 heavy (non-hydrogen) atoms. The Balaban J connectivity index is 2.90. The van der Waals surface area contributed by atoms with Crippen molar-refractivity contribution in [1.82, 2.24) is 0 Å². The van der Waals surface area contributed by atoms with E-state index in [1.807, 2.05) is 45.0 Å². The van der Waals surface area contributed by atoms with E-state index in [1.165, 1.54) is 0 Å². The monoisotopic (exact) mass is 317 g/mol. The fourth-order valence-corrected chi connectivity index (χ4v) is 2.29. The van der Waals surface area contributed by atoms with Crippen molar-refractivity contribution in [1.29, 1.82) is 0 Å². The van der Waals surface area contributed by atoms with Crippen LogP contribution in [0.4, 0.5) is 5.69 Å². The third kappa shape index (κ3) is 2.93. The van der Waals surface area contributed by atoms with Crippen molar-refractivity contribution in [2.45, 2.75) is 27.2 Å². The fraction of sp³-hybridized carbons (Fsp3) is 0.417. The molecule has 0 aromatic heterocycles. The summed E-state index contributed by atoms with van der Waals surface area (Å²) in [7, 11) is 0. The van der Waals surface area contributed by atoms with Crippen molar-refractivity contribution in [3.63, 3.8) is 0 Å². The minimum atomic E-state index is 0.0847. The Labute approximate surface area is 105 Å². The number of nitrogens with zero attached hydrogens (tertiary/aromatic N) is 1. The molecule has 3 heteroatoms. The van der Waals surface area contributed by atoms with Gasteiger partial charge in [0, 0.05) is 5.92 Å². The van der Waals surface area contributed by atoms with Crippen LogP contribution in [-0.2, 0) is 4.79 Å². The van der Waals surface area contributed by atoms with E-state index in [2.05, 4.69) is 22.9 Å². The second-order valence-electron chi connectivity index (χ2n) is 3.71. The zero-order chi connectivity index (χ0) is 11.4. The van der Waals surface area contributed by atoms with Crippen LogP contribution in [0.2, 0.25) is 0 Å². The Hall–Kier alpha value is -0.580. The van der Waals surface area contributed by atoms with Gasteiger partial charge in [0.05, 0.1) is 28.6 Å². The molecule has 0 N–H and O–H groups in total. The summed E-state index contributed by atoms with van der Waals surface area (Å²) >= 11 is 2.08. The number of hydrogen-bond donors (Lipinski definition) is 0. The summed E-state index contributed by atoms with van der Waals surface area (Å²) in [5, 5.41) is 0. The number of halogens is 1. The van der Waals surface area contributed by atoms with Crippen LogP contribution >= 0.6 is 22.9 Å². The van der Waals surface area contributed by atoms with Gasteiger partial charge in [-0.1, -0.05) is 32.0 Å². The highest BCUT2D eigenvalue weighted by molar-refractivity contribution is 14.1. The Morgan fingerprint density at radius 3 is 2.60 bits per heavy atom. The standard InChI is InChI=1S/C12H16INO/c1-4-9(2)12(15)14(13)11-8-6-5-7-10(11)3/h5-9H,4H2,1-3H3. The number of benzene rings is 1. The van der Waals surface area contributed by atoms with Crippen LogP contribution in [0.5, 0.6) is 0 Å². The van der Waals surface area contributed by atoms with Gasteiger partial charge in [-0.2, -0.15) is 0 Å².